The zero-order valence-corrected chi connectivity index (χ0v) is 17.6. The topological polar surface area (TPSA) is 101 Å². The number of hydrogen-bond donors (Lipinski definition) is 2. The van der Waals surface area contributed by atoms with Crippen LogP contribution in [-0.4, -0.2) is 19.4 Å². The molecule has 7 nitrogen and oxygen atoms in total. The van der Waals surface area contributed by atoms with E-state index in [1.807, 2.05) is 0 Å². The Morgan fingerprint density at radius 2 is 1.77 bits per heavy atom. The highest BCUT2D eigenvalue weighted by Crippen LogP contribution is 2.38. The van der Waals surface area contributed by atoms with Gasteiger partial charge in [-0.05, 0) is 78.5 Å². The average molecular weight is 426 g/mol. The molecule has 2 N–H and O–H groups in total. The Kier molecular flexibility index (Phi) is 4.54. The number of sulfonamides is 1. The molecule has 1 heterocycles. The highest BCUT2D eigenvalue weighted by atomic mass is 32.2. The van der Waals surface area contributed by atoms with Crippen molar-refractivity contribution in [3.8, 4) is 0 Å². The number of nitrogens with one attached hydrogen (secondary N) is 2. The first kappa shape index (κ1) is 19.1. The maximum Gasteiger partial charge on any atom is 0.332 e. The Balaban J connectivity index is 1.34. The van der Waals surface area contributed by atoms with Crippen LogP contribution >= 0.6 is 0 Å². The summed E-state index contributed by atoms with van der Waals surface area (Å²) in [6, 6.07) is 6.60. The van der Waals surface area contributed by atoms with Crippen molar-refractivity contribution >= 4 is 32.8 Å². The summed E-state index contributed by atoms with van der Waals surface area (Å²) in [5.41, 5.74) is 7.44. The molecule has 0 atom stereocenters. The van der Waals surface area contributed by atoms with Gasteiger partial charge >= 0.3 is 6.03 Å². The molecule has 2 aromatic carbocycles. The SMILES string of the molecule is Cc1nc2ccc(CS(=O)(=O)NC(=O)Nc3c4c(cc5c3CCC5)CCC4)cc2o1. The lowest BCUT2D eigenvalue weighted by molar-refractivity contribution is 0.256. The summed E-state index contributed by atoms with van der Waals surface area (Å²) in [7, 11) is -3.87. The summed E-state index contributed by atoms with van der Waals surface area (Å²) >= 11 is 0. The van der Waals surface area contributed by atoms with Crippen molar-refractivity contribution in [1.82, 2.24) is 9.71 Å². The number of fused-ring (bicyclic) bond motifs is 3. The van der Waals surface area contributed by atoms with Gasteiger partial charge in [0, 0.05) is 12.6 Å². The van der Waals surface area contributed by atoms with Gasteiger partial charge < -0.3 is 9.73 Å². The number of aromatic nitrogens is 1. The number of amides is 2. The lowest BCUT2D eigenvalue weighted by Gasteiger charge is -2.16. The fourth-order valence-electron chi connectivity index (χ4n) is 4.68. The second kappa shape index (κ2) is 7.12. The zero-order valence-electron chi connectivity index (χ0n) is 16.7. The van der Waals surface area contributed by atoms with Crippen LogP contribution in [0.5, 0.6) is 0 Å². The Hall–Kier alpha value is -2.87. The number of benzene rings is 2. The van der Waals surface area contributed by atoms with E-state index < -0.39 is 16.1 Å². The first-order valence-electron chi connectivity index (χ1n) is 10.2. The predicted octanol–water partition coefficient (Wildman–Crippen LogP) is 3.77. The molecule has 8 heteroatoms. The number of aryl methyl sites for hydroxylation is 3. The molecule has 2 aliphatic carbocycles. The summed E-state index contributed by atoms with van der Waals surface area (Å²) in [5, 5.41) is 2.86. The van der Waals surface area contributed by atoms with Crippen LogP contribution in [0.3, 0.4) is 0 Å². The van der Waals surface area contributed by atoms with Crippen LogP contribution in [0, 0.1) is 6.92 Å². The highest BCUT2D eigenvalue weighted by molar-refractivity contribution is 7.89. The van der Waals surface area contributed by atoms with Crippen LogP contribution < -0.4 is 10.0 Å². The van der Waals surface area contributed by atoms with Gasteiger partial charge in [-0.1, -0.05) is 12.1 Å². The smallest absolute Gasteiger partial charge is 0.332 e. The summed E-state index contributed by atoms with van der Waals surface area (Å²) in [6.07, 6.45) is 6.00. The van der Waals surface area contributed by atoms with Crippen molar-refractivity contribution in [2.45, 2.75) is 51.2 Å². The highest BCUT2D eigenvalue weighted by Gasteiger charge is 2.26. The number of urea groups is 1. The lowest BCUT2D eigenvalue weighted by atomic mass is 9.99. The summed E-state index contributed by atoms with van der Waals surface area (Å²) in [6.45, 7) is 1.74. The van der Waals surface area contributed by atoms with Gasteiger partial charge in [0.25, 0.3) is 0 Å². The number of carbonyl (C=O) groups excluding carboxylic acids is 1. The largest absolute Gasteiger partial charge is 0.441 e. The van der Waals surface area contributed by atoms with E-state index in [1.165, 1.54) is 11.1 Å². The van der Waals surface area contributed by atoms with E-state index in [-0.39, 0.29) is 5.75 Å². The van der Waals surface area contributed by atoms with Crippen LogP contribution in [0.25, 0.3) is 11.1 Å². The van der Waals surface area contributed by atoms with Gasteiger partial charge in [-0.25, -0.2) is 22.9 Å². The van der Waals surface area contributed by atoms with Crippen molar-refractivity contribution in [3.63, 3.8) is 0 Å². The van der Waals surface area contributed by atoms with Crippen molar-refractivity contribution in [1.29, 1.82) is 0 Å². The van der Waals surface area contributed by atoms with Gasteiger partial charge in [-0.3, -0.25) is 0 Å². The molecular formula is C22H23N3O4S. The van der Waals surface area contributed by atoms with Gasteiger partial charge in [0.2, 0.25) is 10.0 Å². The van der Waals surface area contributed by atoms with Crippen LogP contribution in [0.2, 0.25) is 0 Å². The first-order chi connectivity index (χ1) is 14.4. The summed E-state index contributed by atoms with van der Waals surface area (Å²) in [4.78, 5) is 16.8. The predicted molar refractivity (Wildman–Crippen MR) is 114 cm³/mol. The molecule has 30 heavy (non-hydrogen) atoms. The Bertz CT molecular complexity index is 1250. The molecule has 0 radical (unpaired) electrons. The van der Waals surface area contributed by atoms with E-state index in [2.05, 4.69) is 21.1 Å². The molecule has 156 valence electrons. The Labute approximate surface area is 174 Å². The van der Waals surface area contributed by atoms with Crippen LogP contribution in [-0.2, 0) is 41.5 Å². The molecule has 0 saturated heterocycles. The lowest BCUT2D eigenvalue weighted by Crippen LogP contribution is -2.35. The number of rotatable bonds is 4. The number of hydrogen-bond acceptors (Lipinski definition) is 5. The Morgan fingerprint density at radius 3 is 2.47 bits per heavy atom. The number of carbonyl (C=O) groups is 1. The van der Waals surface area contributed by atoms with E-state index >= 15 is 0 Å². The van der Waals surface area contributed by atoms with E-state index in [0.29, 0.717) is 22.6 Å². The second-order valence-electron chi connectivity index (χ2n) is 8.08. The molecule has 1 aromatic heterocycles. The minimum absolute atomic E-state index is 0.318. The zero-order chi connectivity index (χ0) is 20.9. The quantitative estimate of drug-likeness (QED) is 0.663. The van der Waals surface area contributed by atoms with E-state index in [1.54, 1.807) is 25.1 Å². The Morgan fingerprint density at radius 1 is 1.07 bits per heavy atom. The molecule has 2 amide bonds. The van der Waals surface area contributed by atoms with Crippen molar-refractivity contribution in [2.24, 2.45) is 0 Å². The minimum atomic E-state index is -3.87. The molecule has 2 aliphatic rings. The number of nitrogens with zero attached hydrogens (tertiary/aromatic N) is 1. The van der Waals surface area contributed by atoms with Crippen molar-refractivity contribution < 1.29 is 17.6 Å². The molecule has 0 aliphatic heterocycles. The molecule has 0 fully saturated rings. The summed E-state index contributed by atoms with van der Waals surface area (Å²) < 4.78 is 32.8. The molecule has 3 aromatic rings. The van der Waals surface area contributed by atoms with Crippen LogP contribution in [0.15, 0.2) is 28.7 Å². The fraction of sp³-hybridized carbons (Fsp3) is 0.364. The van der Waals surface area contributed by atoms with E-state index in [0.717, 1.165) is 55.3 Å². The average Bonchev–Trinajstić information content (AvgIpc) is 3.38. The molecule has 0 saturated carbocycles. The van der Waals surface area contributed by atoms with Gasteiger partial charge in [-0.2, -0.15) is 0 Å². The molecular weight excluding hydrogens is 402 g/mol. The van der Waals surface area contributed by atoms with Gasteiger partial charge in [-0.15, -0.1) is 0 Å². The molecule has 0 bridgehead atoms. The third kappa shape index (κ3) is 3.56. The van der Waals surface area contributed by atoms with Gasteiger partial charge in [0.05, 0.1) is 5.75 Å². The van der Waals surface area contributed by atoms with Crippen LogP contribution in [0.4, 0.5) is 10.5 Å². The number of oxazole rings is 1. The third-order valence-electron chi connectivity index (χ3n) is 5.88. The second-order valence-corrected chi connectivity index (χ2v) is 9.81. The third-order valence-corrected chi connectivity index (χ3v) is 7.09. The van der Waals surface area contributed by atoms with Crippen LogP contribution in [0.1, 0.15) is 46.5 Å². The molecule has 5 rings (SSSR count). The maximum atomic E-state index is 12.6. The minimum Gasteiger partial charge on any atom is -0.441 e. The van der Waals surface area contributed by atoms with E-state index in [9.17, 15) is 13.2 Å². The molecule has 0 spiro atoms. The van der Waals surface area contributed by atoms with Crippen molar-refractivity contribution in [3.05, 3.63) is 58.0 Å². The fourth-order valence-corrected chi connectivity index (χ4v) is 5.70. The normalized spacial score (nSPS) is 15.2. The molecule has 0 unspecified atom stereocenters. The first-order valence-corrected chi connectivity index (χ1v) is 11.9. The number of anilines is 1. The summed E-state index contributed by atoms with van der Waals surface area (Å²) in [5.74, 6) is 0.201. The monoisotopic (exact) mass is 425 g/mol. The van der Waals surface area contributed by atoms with E-state index in [4.69, 9.17) is 4.42 Å². The maximum absolute atomic E-state index is 12.6. The van der Waals surface area contributed by atoms with Crippen molar-refractivity contribution in [2.75, 3.05) is 5.32 Å². The van der Waals surface area contributed by atoms with Gasteiger partial charge in [0.15, 0.2) is 11.5 Å². The standard InChI is InChI=1S/C22H23N3O4S/c1-13-23-19-9-8-14(10-20(19)29-13)12-30(27,28)25-22(26)24-21-17-6-2-4-15(17)11-16-5-3-7-18(16)21/h8-11H,2-7,12H2,1H3,(H2,24,25,26). The van der Waals surface area contributed by atoms with Gasteiger partial charge in [0.1, 0.15) is 5.52 Å².